The monoisotopic (exact) mass is 396 g/mol. The molecule has 0 saturated carbocycles. The summed E-state index contributed by atoms with van der Waals surface area (Å²) in [6, 6.07) is 5.97. The van der Waals surface area contributed by atoms with Crippen LogP contribution in [0.5, 0.6) is 5.75 Å². The molecule has 1 aromatic heterocycles. The fraction of sp³-hybridized carbons (Fsp3) is 0.444. The van der Waals surface area contributed by atoms with E-state index in [1.165, 1.54) is 25.3 Å². The van der Waals surface area contributed by atoms with Crippen LogP contribution in [0.3, 0.4) is 0 Å². The SMILES string of the molecule is CCOC(=O)c1cc(-c2ccc(OC)c(S(=O)(=O)NC(C)(C)CC)c2)on1. The molecule has 0 radical (unpaired) electrons. The molecule has 0 bridgehead atoms. The smallest absolute Gasteiger partial charge is 0.360 e. The third-order valence-corrected chi connectivity index (χ3v) is 5.75. The highest BCUT2D eigenvalue weighted by Gasteiger charge is 2.28. The highest BCUT2D eigenvalue weighted by Crippen LogP contribution is 2.31. The van der Waals surface area contributed by atoms with Gasteiger partial charge in [-0.3, -0.25) is 0 Å². The molecule has 0 spiro atoms. The molecule has 0 amide bonds. The molecule has 0 aliphatic heterocycles. The summed E-state index contributed by atoms with van der Waals surface area (Å²) >= 11 is 0. The minimum absolute atomic E-state index is 0.0114. The van der Waals surface area contributed by atoms with E-state index in [2.05, 4.69) is 9.88 Å². The third kappa shape index (κ3) is 4.86. The molecular weight excluding hydrogens is 372 g/mol. The van der Waals surface area contributed by atoms with Crippen LogP contribution < -0.4 is 9.46 Å². The number of carbonyl (C=O) groups excluding carboxylic acids is 1. The highest BCUT2D eigenvalue weighted by atomic mass is 32.2. The van der Waals surface area contributed by atoms with Gasteiger partial charge in [0.05, 0.1) is 13.7 Å². The summed E-state index contributed by atoms with van der Waals surface area (Å²) in [6.45, 7) is 7.38. The number of nitrogens with zero attached hydrogens (tertiary/aromatic N) is 1. The Morgan fingerprint density at radius 1 is 1.26 bits per heavy atom. The Morgan fingerprint density at radius 2 is 1.96 bits per heavy atom. The molecular formula is C18H24N2O6S. The van der Waals surface area contributed by atoms with Crippen molar-refractivity contribution in [1.82, 2.24) is 9.88 Å². The largest absolute Gasteiger partial charge is 0.495 e. The topological polar surface area (TPSA) is 108 Å². The molecule has 1 heterocycles. The summed E-state index contributed by atoms with van der Waals surface area (Å²) in [5.41, 5.74) is -0.172. The molecule has 2 rings (SSSR count). The second kappa shape index (κ2) is 8.10. The lowest BCUT2D eigenvalue weighted by Gasteiger charge is -2.24. The Labute approximate surface area is 158 Å². The van der Waals surface area contributed by atoms with Crippen molar-refractivity contribution in [3.8, 4) is 17.1 Å². The molecule has 148 valence electrons. The maximum atomic E-state index is 12.9. The van der Waals surface area contributed by atoms with Gasteiger partial charge in [-0.1, -0.05) is 12.1 Å². The summed E-state index contributed by atoms with van der Waals surface area (Å²) in [4.78, 5) is 11.7. The Kier molecular flexibility index (Phi) is 6.27. The number of nitrogens with one attached hydrogen (secondary N) is 1. The van der Waals surface area contributed by atoms with Crippen molar-refractivity contribution in [2.75, 3.05) is 13.7 Å². The zero-order valence-electron chi connectivity index (χ0n) is 16.0. The predicted molar refractivity (Wildman–Crippen MR) is 99.1 cm³/mol. The van der Waals surface area contributed by atoms with E-state index in [1.807, 2.05) is 6.92 Å². The van der Waals surface area contributed by atoms with Gasteiger partial charge in [-0.25, -0.2) is 17.9 Å². The number of sulfonamides is 1. The number of aromatic nitrogens is 1. The number of methoxy groups -OCH3 is 1. The summed E-state index contributed by atoms with van der Waals surface area (Å²) < 4.78 is 43.6. The third-order valence-electron chi connectivity index (χ3n) is 4.03. The molecule has 0 aliphatic carbocycles. The fourth-order valence-electron chi connectivity index (χ4n) is 2.24. The van der Waals surface area contributed by atoms with Gasteiger partial charge in [-0.15, -0.1) is 0 Å². The molecule has 0 aliphatic rings. The van der Waals surface area contributed by atoms with Gasteiger partial charge >= 0.3 is 5.97 Å². The van der Waals surface area contributed by atoms with E-state index in [4.69, 9.17) is 14.0 Å². The zero-order chi connectivity index (χ0) is 20.2. The van der Waals surface area contributed by atoms with Gasteiger partial charge < -0.3 is 14.0 Å². The van der Waals surface area contributed by atoms with Crippen molar-refractivity contribution in [3.05, 3.63) is 30.0 Å². The predicted octanol–water partition coefficient (Wildman–Crippen LogP) is 2.99. The van der Waals surface area contributed by atoms with Crippen LogP contribution in [0.25, 0.3) is 11.3 Å². The lowest BCUT2D eigenvalue weighted by Crippen LogP contribution is -2.42. The number of ether oxygens (including phenoxy) is 2. The van der Waals surface area contributed by atoms with E-state index >= 15 is 0 Å². The number of benzene rings is 1. The standard InChI is InChI=1S/C18H24N2O6S/c1-6-18(3,4)20-27(22,23)16-10-12(8-9-14(16)24-5)15-11-13(19-26-15)17(21)25-7-2/h8-11,20H,6-7H2,1-5H3. The van der Waals surface area contributed by atoms with Crippen LogP contribution in [0.4, 0.5) is 0 Å². The average Bonchev–Trinajstić information content (AvgIpc) is 3.11. The second-order valence-electron chi connectivity index (χ2n) is 6.51. The van der Waals surface area contributed by atoms with E-state index in [0.29, 0.717) is 12.0 Å². The molecule has 1 aromatic carbocycles. The van der Waals surface area contributed by atoms with Crippen LogP contribution in [0.2, 0.25) is 0 Å². The number of hydrogen-bond donors (Lipinski definition) is 1. The van der Waals surface area contributed by atoms with E-state index < -0.39 is 21.5 Å². The van der Waals surface area contributed by atoms with Crippen molar-refractivity contribution in [1.29, 1.82) is 0 Å². The van der Waals surface area contributed by atoms with Crippen LogP contribution in [-0.4, -0.2) is 38.8 Å². The second-order valence-corrected chi connectivity index (χ2v) is 8.16. The van der Waals surface area contributed by atoms with Gasteiger partial charge in [-0.05, 0) is 45.4 Å². The Balaban J connectivity index is 2.45. The first-order valence-electron chi connectivity index (χ1n) is 8.49. The van der Waals surface area contributed by atoms with Crippen LogP contribution in [0.15, 0.2) is 33.7 Å². The Morgan fingerprint density at radius 3 is 2.56 bits per heavy atom. The molecule has 1 N–H and O–H groups in total. The zero-order valence-corrected chi connectivity index (χ0v) is 16.8. The molecule has 0 saturated heterocycles. The first kappa shape index (κ1) is 20.9. The van der Waals surface area contributed by atoms with Gasteiger partial charge in [0.25, 0.3) is 0 Å². The lowest BCUT2D eigenvalue weighted by molar-refractivity contribution is 0.0514. The van der Waals surface area contributed by atoms with Gasteiger partial charge in [0.2, 0.25) is 10.0 Å². The van der Waals surface area contributed by atoms with Gasteiger partial charge in [0.15, 0.2) is 11.5 Å². The number of rotatable bonds is 8. The summed E-state index contributed by atoms with van der Waals surface area (Å²) in [7, 11) is -2.46. The van der Waals surface area contributed by atoms with Crippen molar-refractivity contribution >= 4 is 16.0 Å². The van der Waals surface area contributed by atoms with Crippen molar-refractivity contribution < 1.29 is 27.2 Å². The molecule has 0 fully saturated rings. The van der Waals surface area contributed by atoms with Crippen LogP contribution >= 0.6 is 0 Å². The lowest BCUT2D eigenvalue weighted by atomic mass is 10.0. The summed E-state index contributed by atoms with van der Waals surface area (Å²) in [5.74, 6) is -0.171. The molecule has 8 nitrogen and oxygen atoms in total. The average molecular weight is 396 g/mol. The van der Waals surface area contributed by atoms with Crippen molar-refractivity contribution in [2.24, 2.45) is 0 Å². The van der Waals surface area contributed by atoms with Crippen molar-refractivity contribution in [2.45, 2.75) is 44.6 Å². The first-order valence-corrected chi connectivity index (χ1v) is 9.98. The molecule has 9 heteroatoms. The van der Waals surface area contributed by atoms with Gasteiger partial charge in [-0.2, -0.15) is 0 Å². The van der Waals surface area contributed by atoms with E-state index in [1.54, 1.807) is 26.8 Å². The number of carbonyl (C=O) groups is 1. The first-order chi connectivity index (χ1) is 12.6. The van der Waals surface area contributed by atoms with Gasteiger partial charge in [0.1, 0.15) is 10.6 Å². The fourth-order valence-corrected chi connectivity index (χ4v) is 3.92. The van der Waals surface area contributed by atoms with Crippen molar-refractivity contribution in [3.63, 3.8) is 0 Å². The molecule has 0 atom stereocenters. The molecule has 0 unspecified atom stereocenters. The van der Waals surface area contributed by atoms with Crippen LogP contribution in [0, 0.1) is 0 Å². The number of hydrogen-bond acceptors (Lipinski definition) is 7. The molecule has 27 heavy (non-hydrogen) atoms. The summed E-state index contributed by atoms with van der Waals surface area (Å²) in [5, 5.41) is 3.67. The normalized spacial score (nSPS) is 12.0. The van der Waals surface area contributed by atoms with Gasteiger partial charge in [0, 0.05) is 17.2 Å². The summed E-state index contributed by atoms with van der Waals surface area (Å²) in [6.07, 6.45) is 0.610. The maximum absolute atomic E-state index is 12.9. The van der Waals surface area contributed by atoms with Crippen LogP contribution in [0.1, 0.15) is 44.6 Å². The van der Waals surface area contributed by atoms with E-state index in [0.717, 1.165) is 0 Å². The molecule has 2 aromatic rings. The number of esters is 1. The highest BCUT2D eigenvalue weighted by molar-refractivity contribution is 7.89. The minimum atomic E-state index is -3.85. The van der Waals surface area contributed by atoms with E-state index in [-0.39, 0.29) is 28.7 Å². The quantitative estimate of drug-likeness (QED) is 0.683. The maximum Gasteiger partial charge on any atom is 0.360 e. The van der Waals surface area contributed by atoms with E-state index in [9.17, 15) is 13.2 Å². The Bertz CT molecular complexity index is 918. The minimum Gasteiger partial charge on any atom is -0.495 e. The van der Waals surface area contributed by atoms with Crippen LogP contribution in [-0.2, 0) is 14.8 Å². The Hall–Kier alpha value is -2.39.